The molecule has 10 heteroatoms. The minimum atomic E-state index is -0.523. The lowest BCUT2D eigenvalue weighted by molar-refractivity contribution is -0.134. The highest BCUT2D eigenvalue weighted by molar-refractivity contribution is 6.30. The van der Waals surface area contributed by atoms with Gasteiger partial charge in [0.1, 0.15) is 5.82 Å². The molecule has 3 heterocycles. The number of aromatic nitrogens is 2. The van der Waals surface area contributed by atoms with E-state index in [1.54, 1.807) is 22.1 Å². The van der Waals surface area contributed by atoms with E-state index in [1.165, 1.54) is 19.1 Å². The van der Waals surface area contributed by atoms with Gasteiger partial charge in [-0.25, -0.2) is 4.39 Å². The van der Waals surface area contributed by atoms with Crippen molar-refractivity contribution in [3.05, 3.63) is 46.5 Å². The fourth-order valence-corrected chi connectivity index (χ4v) is 4.40. The van der Waals surface area contributed by atoms with Gasteiger partial charge >= 0.3 is 0 Å². The molecular formula is C21H23ClFN5O3. The van der Waals surface area contributed by atoms with E-state index in [9.17, 15) is 18.8 Å². The van der Waals surface area contributed by atoms with Gasteiger partial charge in [-0.05, 0) is 24.6 Å². The molecule has 3 amide bonds. The topological polar surface area (TPSA) is 87.5 Å². The van der Waals surface area contributed by atoms with Crippen molar-refractivity contribution < 1.29 is 18.8 Å². The second-order valence-corrected chi connectivity index (χ2v) is 8.47. The van der Waals surface area contributed by atoms with Crippen LogP contribution in [0.15, 0.2) is 24.4 Å². The van der Waals surface area contributed by atoms with Gasteiger partial charge in [0.2, 0.25) is 17.7 Å². The van der Waals surface area contributed by atoms with E-state index in [1.807, 2.05) is 11.6 Å². The van der Waals surface area contributed by atoms with Crippen LogP contribution in [0.2, 0.25) is 5.02 Å². The lowest BCUT2D eigenvalue weighted by Gasteiger charge is -2.35. The monoisotopic (exact) mass is 447 g/mol. The van der Waals surface area contributed by atoms with Crippen molar-refractivity contribution in [2.24, 2.45) is 0 Å². The van der Waals surface area contributed by atoms with Gasteiger partial charge in [0.05, 0.1) is 48.2 Å². The molecule has 31 heavy (non-hydrogen) atoms. The van der Waals surface area contributed by atoms with Crippen molar-refractivity contribution in [1.29, 1.82) is 0 Å². The van der Waals surface area contributed by atoms with Crippen LogP contribution in [0.3, 0.4) is 0 Å². The average molecular weight is 448 g/mol. The van der Waals surface area contributed by atoms with Crippen LogP contribution >= 0.6 is 11.6 Å². The zero-order chi connectivity index (χ0) is 22.3. The summed E-state index contributed by atoms with van der Waals surface area (Å²) in [6, 6.07) is 3.93. The Labute approximate surface area is 183 Å². The lowest BCUT2D eigenvalue weighted by atomic mass is 10.1. The van der Waals surface area contributed by atoms with Crippen molar-refractivity contribution in [2.45, 2.75) is 51.9 Å². The quantitative estimate of drug-likeness (QED) is 0.775. The molecule has 1 fully saturated rings. The maximum absolute atomic E-state index is 13.4. The van der Waals surface area contributed by atoms with Crippen LogP contribution in [-0.2, 0) is 33.9 Å². The van der Waals surface area contributed by atoms with Crippen LogP contribution in [0.1, 0.15) is 31.5 Å². The molecule has 2 aromatic rings. The van der Waals surface area contributed by atoms with Crippen molar-refractivity contribution >= 4 is 35.0 Å². The molecule has 0 saturated carbocycles. The molecule has 1 saturated heterocycles. The number of fused-ring (bicyclic) bond motifs is 1. The number of nitrogens with one attached hydrogen (secondary N) is 1. The first-order valence-electron chi connectivity index (χ1n) is 10.1. The Morgan fingerprint density at radius 2 is 2.10 bits per heavy atom. The number of hydrogen-bond donors (Lipinski definition) is 1. The Bertz CT molecular complexity index is 1060. The van der Waals surface area contributed by atoms with E-state index in [0.717, 1.165) is 5.69 Å². The highest BCUT2D eigenvalue weighted by atomic mass is 35.5. The van der Waals surface area contributed by atoms with E-state index in [4.69, 9.17) is 11.6 Å². The third kappa shape index (κ3) is 4.27. The SMILES string of the molecule is CC(=O)NC1CC(=O)N(c2cnn3c2CN(C(=O)Cc2ccc(F)c(Cl)c2)[C@@H](C)C3)C1. The van der Waals surface area contributed by atoms with Crippen LogP contribution in [0.25, 0.3) is 0 Å². The molecule has 8 nitrogen and oxygen atoms in total. The van der Waals surface area contributed by atoms with Gasteiger partial charge in [0.25, 0.3) is 0 Å². The normalized spacial score (nSPS) is 20.7. The Balaban J connectivity index is 1.52. The van der Waals surface area contributed by atoms with E-state index in [2.05, 4.69) is 10.4 Å². The zero-order valence-corrected chi connectivity index (χ0v) is 18.0. The molecule has 1 aromatic heterocycles. The predicted molar refractivity (Wildman–Crippen MR) is 112 cm³/mol. The number of carbonyl (C=O) groups is 3. The highest BCUT2D eigenvalue weighted by Crippen LogP contribution is 2.30. The standard InChI is InChI=1S/C21H23ClFN5O3/c1-12-9-28-19(11-26(12)20(30)6-14-3-4-17(23)16(22)5-14)18(8-24-28)27-10-15(7-21(27)31)25-13(2)29/h3-5,8,12,15H,6-7,9-11H2,1-2H3,(H,25,29)/t12-,15?/m0/s1. The van der Waals surface area contributed by atoms with E-state index < -0.39 is 5.82 Å². The maximum Gasteiger partial charge on any atom is 0.229 e. The van der Waals surface area contributed by atoms with Crippen LogP contribution in [0, 0.1) is 5.82 Å². The van der Waals surface area contributed by atoms with Crippen LogP contribution in [0.4, 0.5) is 10.1 Å². The van der Waals surface area contributed by atoms with Gasteiger partial charge in [-0.15, -0.1) is 0 Å². The molecule has 2 aliphatic heterocycles. The third-order valence-electron chi connectivity index (χ3n) is 5.70. The summed E-state index contributed by atoms with van der Waals surface area (Å²) in [5.74, 6) is -0.904. The fourth-order valence-electron chi connectivity index (χ4n) is 4.20. The molecular weight excluding hydrogens is 425 g/mol. The number of nitrogens with zero attached hydrogens (tertiary/aromatic N) is 4. The van der Waals surface area contributed by atoms with E-state index in [-0.39, 0.29) is 47.7 Å². The number of benzene rings is 1. The first kappa shape index (κ1) is 21.3. The Morgan fingerprint density at radius 1 is 1.32 bits per heavy atom. The minimum absolute atomic E-state index is 0.0152. The van der Waals surface area contributed by atoms with Crippen LogP contribution < -0.4 is 10.2 Å². The lowest BCUT2D eigenvalue weighted by Crippen LogP contribution is -2.46. The first-order valence-corrected chi connectivity index (χ1v) is 10.5. The van der Waals surface area contributed by atoms with Crippen molar-refractivity contribution in [3.63, 3.8) is 0 Å². The predicted octanol–water partition coefficient (Wildman–Crippen LogP) is 1.89. The molecule has 1 aromatic carbocycles. The molecule has 1 unspecified atom stereocenters. The number of carbonyl (C=O) groups excluding carboxylic acids is 3. The zero-order valence-electron chi connectivity index (χ0n) is 17.3. The Morgan fingerprint density at radius 3 is 2.81 bits per heavy atom. The summed E-state index contributed by atoms with van der Waals surface area (Å²) in [5.41, 5.74) is 2.07. The number of hydrogen-bond acceptors (Lipinski definition) is 4. The second-order valence-electron chi connectivity index (χ2n) is 8.06. The Kier molecular flexibility index (Phi) is 5.70. The average Bonchev–Trinajstić information content (AvgIpc) is 3.25. The molecule has 0 radical (unpaired) electrons. The van der Waals surface area contributed by atoms with E-state index in [0.29, 0.717) is 30.9 Å². The molecule has 0 bridgehead atoms. The molecule has 2 aliphatic rings. The van der Waals surface area contributed by atoms with E-state index >= 15 is 0 Å². The molecule has 0 spiro atoms. The summed E-state index contributed by atoms with van der Waals surface area (Å²) >= 11 is 5.84. The fraction of sp³-hybridized carbons (Fsp3) is 0.429. The summed E-state index contributed by atoms with van der Waals surface area (Å²) in [6.07, 6.45) is 1.97. The van der Waals surface area contributed by atoms with Gasteiger partial charge in [-0.1, -0.05) is 17.7 Å². The molecule has 2 atom stereocenters. The second kappa shape index (κ2) is 8.30. The minimum Gasteiger partial charge on any atom is -0.351 e. The summed E-state index contributed by atoms with van der Waals surface area (Å²) in [5, 5.41) is 7.18. The molecule has 0 aliphatic carbocycles. The van der Waals surface area contributed by atoms with Crippen LogP contribution in [-0.4, -0.2) is 51.0 Å². The molecule has 164 valence electrons. The van der Waals surface area contributed by atoms with Crippen molar-refractivity contribution in [2.75, 3.05) is 11.4 Å². The number of anilines is 1. The highest BCUT2D eigenvalue weighted by Gasteiger charge is 2.36. The first-order chi connectivity index (χ1) is 14.7. The van der Waals surface area contributed by atoms with Gasteiger partial charge in [-0.2, -0.15) is 5.10 Å². The number of halogens is 2. The molecule has 4 rings (SSSR count). The van der Waals surface area contributed by atoms with Gasteiger partial charge in [0.15, 0.2) is 0 Å². The van der Waals surface area contributed by atoms with Gasteiger partial charge in [0, 0.05) is 25.9 Å². The summed E-state index contributed by atoms with van der Waals surface area (Å²) in [4.78, 5) is 40.3. The van der Waals surface area contributed by atoms with Crippen LogP contribution in [0.5, 0.6) is 0 Å². The van der Waals surface area contributed by atoms with Crippen molar-refractivity contribution in [1.82, 2.24) is 20.0 Å². The smallest absolute Gasteiger partial charge is 0.229 e. The summed E-state index contributed by atoms with van der Waals surface area (Å²) in [7, 11) is 0. The summed E-state index contributed by atoms with van der Waals surface area (Å²) < 4.78 is 15.2. The van der Waals surface area contributed by atoms with Gasteiger partial charge in [-0.3, -0.25) is 19.1 Å². The Hall–Kier alpha value is -2.94. The number of amides is 3. The summed E-state index contributed by atoms with van der Waals surface area (Å²) in [6.45, 7) is 4.54. The maximum atomic E-state index is 13.4. The third-order valence-corrected chi connectivity index (χ3v) is 5.99. The largest absolute Gasteiger partial charge is 0.351 e. The van der Waals surface area contributed by atoms with Gasteiger partial charge < -0.3 is 15.1 Å². The number of rotatable bonds is 4. The molecule has 1 N–H and O–H groups in total. The van der Waals surface area contributed by atoms with Crippen molar-refractivity contribution in [3.8, 4) is 0 Å².